The Kier molecular flexibility index (Phi) is 6.42. The van der Waals surface area contributed by atoms with Crippen LogP contribution in [0.3, 0.4) is 0 Å². The van der Waals surface area contributed by atoms with E-state index in [0.29, 0.717) is 17.7 Å². The average Bonchev–Trinajstić information content (AvgIpc) is 2.45. The maximum absolute atomic E-state index is 10.8. The second-order valence-corrected chi connectivity index (χ2v) is 4.57. The van der Waals surface area contributed by atoms with Crippen LogP contribution in [0.5, 0.6) is 11.5 Å². The molecule has 3 N–H and O–H groups in total. The van der Waals surface area contributed by atoms with Gasteiger partial charge in [0.25, 0.3) is 5.70 Å². The van der Waals surface area contributed by atoms with Gasteiger partial charge in [0, 0.05) is 18.2 Å². The maximum Gasteiger partial charge on any atom is 0.265 e. The van der Waals surface area contributed by atoms with E-state index < -0.39 is 4.92 Å². The average molecular weight is 292 g/mol. The zero-order chi connectivity index (χ0) is 15.8. The van der Waals surface area contributed by atoms with Crippen molar-refractivity contribution < 1.29 is 14.8 Å². The molecule has 21 heavy (non-hydrogen) atoms. The first-order chi connectivity index (χ1) is 9.97. The minimum atomic E-state index is -0.417. The van der Waals surface area contributed by atoms with Crippen LogP contribution >= 0.6 is 0 Å². The molecule has 114 valence electrons. The summed E-state index contributed by atoms with van der Waals surface area (Å²) in [6.45, 7) is 4.04. The van der Waals surface area contributed by atoms with Gasteiger partial charge in [0.15, 0.2) is 0 Å². The molecule has 0 heterocycles. The van der Waals surface area contributed by atoms with E-state index in [2.05, 4.69) is 0 Å². The molecule has 0 saturated carbocycles. The van der Waals surface area contributed by atoms with E-state index in [1.54, 1.807) is 25.1 Å². The second kappa shape index (κ2) is 8.06. The number of allylic oxidation sites excluding steroid dienone is 2. The van der Waals surface area contributed by atoms with Crippen molar-refractivity contribution in [2.45, 2.75) is 26.8 Å². The zero-order valence-electron chi connectivity index (χ0n) is 12.2. The van der Waals surface area contributed by atoms with Gasteiger partial charge >= 0.3 is 0 Å². The lowest BCUT2D eigenvalue weighted by Crippen LogP contribution is -2.03. The Morgan fingerprint density at radius 1 is 1.52 bits per heavy atom. The van der Waals surface area contributed by atoms with Gasteiger partial charge < -0.3 is 15.6 Å². The summed E-state index contributed by atoms with van der Waals surface area (Å²) in [5, 5.41) is 20.4. The van der Waals surface area contributed by atoms with Crippen molar-refractivity contribution >= 4 is 0 Å². The van der Waals surface area contributed by atoms with Crippen LogP contribution in [0.25, 0.3) is 0 Å². The summed E-state index contributed by atoms with van der Waals surface area (Å²) >= 11 is 0. The number of phenols is 1. The Hall–Kier alpha value is -2.34. The minimum Gasteiger partial charge on any atom is -0.508 e. The number of rotatable bonds is 7. The Morgan fingerprint density at radius 3 is 2.81 bits per heavy atom. The minimum absolute atomic E-state index is 0.0620. The summed E-state index contributed by atoms with van der Waals surface area (Å²) in [7, 11) is 0. The van der Waals surface area contributed by atoms with Gasteiger partial charge in [-0.3, -0.25) is 10.1 Å². The largest absolute Gasteiger partial charge is 0.508 e. The number of hydrogen-bond donors (Lipinski definition) is 2. The van der Waals surface area contributed by atoms with Crippen molar-refractivity contribution in [3.8, 4) is 11.5 Å². The van der Waals surface area contributed by atoms with Gasteiger partial charge in [-0.25, -0.2) is 0 Å². The fourth-order valence-corrected chi connectivity index (χ4v) is 1.70. The number of nitrogens with two attached hydrogens (primary N) is 1. The normalized spacial score (nSPS) is 12.3. The standard InChI is InChI=1S/C15H20N2O4/c1-3-4-13(17(19)20)7-11(2)10-21-14-5-6-15(18)12(8-14)9-16/h4-8,18H,3,9-10,16H2,1-2H3/b11-7-,13-4+. The summed E-state index contributed by atoms with van der Waals surface area (Å²) < 4.78 is 5.54. The molecule has 0 aliphatic rings. The van der Waals surface area contributed by atoms with Crippen LogP contribution in [0.2, 0.25) is 0 Å². The number of nitrogens with zero attached hydrogens (tertiary/aromatic N) is 1. The molecule has 0 aromatic heterocycles. The lowest BCUT2D eigenvalue weighted by atomic mass is 10.2. The molecule has 6 heteroatoms. The van der Waals surface area contributed by atoms with Crippen molar-refractivity contribution in [2.75, 3.05) is 6.61 Å². The summed E-state index contributed by atoms with van der Waals surface area (Å²) in [6, 6.07) is 4.78. The fourth-order valence-electron chi connectivity index (χ4n) is 1.70. The Labute approximate surface area is 123 Å². The van der Waals surface area contributed by atoms with Gasteiger partial charge in [-0.15, -0.1) is 0 Å². The highest BCUT2D eigenvalue weighted by atomic mass is 16.6. The van der Waals surface area contributed by atoms with Crippen molar-refractivity contribution in [3.63, 3.8) is 0 Å². The van der Waals surface area contributed by atoms with Crippen LogP contribution in [-0.4, -0.2) is 16.6 Å². The molecule has 0 bridgehead atoms. The first-order valence-corrected chi connectivity index (χ1v) is 6.64. The molecule has 1 aromatic rings. The van der Waals surface area contributed by atoms with E-state index in [1.807, 2.05) is 6.92 Å². The third-order valence-electron chi connectivity index (χ3n) is 2.76. The summed E-state index contributed by atoms with van der Waals surface area (Å²) in [5.41, 5.74) is 6.88. The predicted molar refractivity (Wildman–Crippen MR) is 80.6 cm³/mol. The number of phenolic OH excluding ortho intramolecular Hbond substituents is 1. The van der Waals surface area contributed by atoms with Gasteiger partial charge in [0.05, 0.1) is 4.92 Å². The van der Waals surface area contributed by atoms with E-state index in [1.165, 1.54) is 12.1 Å². The monoisotopic (exact) mass is 292 g/mol. The Bertz CT molecular complexity index is 565. The molecule has 0 aliphatic heterocycles. The van der Waals surface area contributed by atoms with Crippen LogP contribution < -0.4 is 10.5 Å². The van der Waals surface area contributed by atoms with Crippen LogP contribution in [0, 0.1) is 10.1 Å². The van der Waals surface area contributed by atoms with E-state index in [4.69, 9.17) is 10.5 Å². The van der Waals surface area contributed by atoms with Crippen LogP contribution in [0.1, 0.15) is 25.8 Å². The number of hydrogen-bond acceptors (Lipinski definition) is 5. The highest BCUT2D eigenvalue weighted by Crippen LogP contribution is 2.22. The van der Waals surface area contributed by atoms with Gasteiger partial charge in [0.2, 0.25) is 0 Å². The summed E-state index contributed by atoms with van der Waals surface area (Å²) in [5.74, 6) is 0.682. The summed E-state index contributed by atoms with van der Waals surface area (Å²) in [4.78, 5) is 10.4. The quantitative estimate of drug-likeness (QED) is 0.457. The SMILES string of the molecule is CC/C=C(\C=C(\C)COc1ccc(O)c(CN)c1)[N+](=O)[O-]. The highest BCUT2D eigenvalue weighted by Gasteiger charge is 2.07. The molecule has 6 nitrogen and oxygen atoms in total. The lowest BCUT2D eigenvalue weighted by Gasteiger charge is -2.09. The predicted octanol–water partition coefficient (Wildman–Crippen LogP) is 2.75. The smallest absolute Gasteiger partial charge is 0.265 e. The maximum atomic E-state index is 10.8. The Morgan fingerprint density at radius 2 is 2.24 bits per heavy atom. The zero-order valence-corrected chi connectivity index (χ0v) is 12.2. The third-order valence-corrected chi connectivity index (χ3v) is 2.76. The van der Waals surface area contributed by atoms with Crippen LogP contribution in [-0.2, 0) is 6.54 Å². The molecular weight excluding hydrogens is 272 g/mol. The molecule has 1 rings (SSSR count). The number of benzene rings is 1. The first-order valence-electron chi connectivity index (χ1n) is 6.64. The molecule has 0 spiro atoms. The van der Waals surface area contributed by atoms with E-state index in [-0.39, 0.29) is 24.6 Å². The molecule has 0 aliphatic carbocycles. The topological polar surface area (TPSA) is 98.6 Å². The van der Waals surface area contributed by atoms with Crippen molar-refractivity contribution in [1.29, 1.82) is 0 Å². The molecule has 0 radical (unpaired) electrons. The lowest BCUT2D eigenvalue weighted by molar-refractivity contribution is -0.419. The molecule has 1 aromatic carbocycles. The van der Waals surface area contributed by atoms with Gasteiger partial charge in [-0.1, -0.05) is 6.92 Å². The van der Waals surface area contributed by atoms with Crippen molar-refractivity contribution in [3.05, 3.63) is 57.3 Å². The van der Waals surface area contributed by atoms with Crippen LogP contribution in [0.15, 0.2) is 41.6 Å². The molecule has 0 amide bonds. The molecule has 0 unspecified atom stereocenters. The Balaban J connectivity index is 2.74. The summed E-state index contributed by atoms with van der Waals surface area (Å²) in [6.07, 6.45) is 3.64. The molecular formula is C15H20N2O4. The van der Waals surface area contributed by atoms with Gasteiger partial charge in [-0.2, -0.15) is 0 Å². The first kappa shape index (κ1) is 16.7. The highest BCUT2D eigenvalue weighted by molar-refractivity contribution is 5.39. The van der Waals surface area contributed by atoms with Crippen molar-refractivity contribution in [2.24, 2.45) is 5.73 Å². The van der Waals surface area contributed by atoms with Crippen molar-refractivity contribution in [1.82, 2.24) is 0 Å². The third kappa shape index (κ3) is 5.27. The van der Waals surface area contributed by atoms with E-state index in [0.717, 1.165) is 5.57 Å². The van der Waals surface area contributed by atoms with Gasteiger partial charge in [-0.05, 0) is 43.2 Å². The molecule has 0 fully saturated rings. The van der Waals surface area contributed by atoms with Gasteiger partial charge in [0.1, 0.15) is 18.1 Å². The number of aromatic hydroxyl groups is 1. The fraction of sp³-hybridized carbons (Fsp3) is 0.333. The number of ether oxygens (including phenoxy) is 1. The number of nitro groups is 1. The molecule has 0 saturated heterocycles. The molecule has 0 atom stereocenters. The van der Waals surface area contributed by atoms with Crippen LogP contribution in [0.4, 0.5) is 0 Å². The van der Waals surface area contributed by atoms with E-state index in [9.17, 15) is 15.2 Å². The van der Waals surface area contributed by atoms with E-state index >= 15 is 0 Å². The second-order valence-electron chi connectivity index (χ2n) is 4.57.